The Kier molecular flexibility index (Phi) is 9.84. The molecule has 0 heterocycles. The molecule has 0 saturated heterocycles. The van der Waals surface area contributed by atoms with Crippen LogP contribution in [-0.2, 0) is 0 Å². The zero-order valence-electron chi connectivity index (χ0n) is 15.8. The third-order valence-electron chi connectivity index (χ3n) is 3.99. The van der Waals surface area contributed by atoms with Crippen molar-refractivity contribution in [3.05, 3.63) is 90.2 Å². The molecule has 0 amide bonds. The first-order valence-corrected chi connectivity index (χ1v) is 8.77. The summed E-state index contributed by atoms with van der Waals surface area (Å²) in [5.74, 6) is 0.936. The van der Waals surface area contributed by atoms with E-state index in [1.54, 1.807) is 12.3 Å². The van der Waals surface area contributed by atoms with Gasteiger partial charge in [0.05, 0.1) is 6.61 Å². The second-order valence-electron chi connectivity index (χ2n) is 6.08. The van der Waals surface area contributed by atoms with E-state index < -0.39 is 0 Å². The van der Waals surface area contributed by atoms with Crippen molar-refractivity contribution in [1.29, 1.82) is 0 Å². The summed E-state index contributed by atoms with van der Waals surface area (Å²) in [6.45, 7) is 15.4. The average Bonchev–Trinajstić information content (AvgIpc) is 2.61. The summed E-state index contributed by atoms with van der Waals surface area (Å²) in [6.07, 6.45) is 11.6. The van der Waals surface area contributed by atoms with Crippen molar-refractivity contribution >= 4 is 0 Å². The normalized spacial score (nSPS) is 12.7. The molecule has 0 saturated carbocycles. The maximum Gasteiger partial charge on any atom is 0.119 e. The number of allylic oxidation sites excluding steroid dienone is 5. The first-order valence-electron chi connectivity index (χ1n) is 8.77. The second-order valence-corrected chi connectivity index (χ2v) is 6.08. The van der Waals surface area contributed by atoms with Crippen LogP contribution in [0.1, 0.15) is 32.3 Å². The lowest BCUT2D eigenvalue weighted by Crippen LogP contribution is -2.12. The lowest BCUT2D eigenvalue weighted by Gasteiger charge is -2.14. The van der Waals surface area contributed by atoms with E-state index in [0.717, 1.165) is 31.7 Å². The molecule has 134 valence electrons. The Bertz CT molecular complexity index is 633. The number of rotatable bonds is 11. The molecule has 0 spiro atoms. The Morgan fingerprint density at radius 3 is 2.48 bits per heavy atom. The summed E-state index contributed by atoms with van der Waals surface area (Å²) in [7, 11) is 0. The SMILES string of the molecule is C=C\C=C/C=C(C)/C(CNC=C)=C(/C)CCCOc1ccc(C)cc1. The molecule has 2 heteroatoms. The highest BCUT2D eigenvalue weighted by Gasteiger charge is 2.05. The van der Waals surface area contributed by atoms with Crippen molar-refractivity contribution in [2.24, 2.45) is 0 Å². The minimum atomic E-state index is 0.724. The number of aryl methyl sites for hydroxylation is 1. The molecule has 0 aliphatic rings. The zero-order valence-corrected chi connectivity index (χ0v) is 15.8. The van der Waals surface area contributed by atoms with Crippen molar-refractivity contribution < 1.29 is 4.74 Å². The van der Waals surface area contributed by atoms with Gasteiger partial charge in [-0.05, 0) is 63.1 Å². The fraction of sp³-hybridized carbons (Fsp3) is 0.304. The van der Waals surface area contributed by atoms with E-state index in [9.17, 15) is 0 Å². The third-order valence-corrected chi connectivity index (χ3v) is 3.99. The van der Waals surface area contributed by atoms with E-state index in [-0.39, 0.29) is 0 Å². The molecule has 0 bridgehead atoms. The van der Waals surface area contributed by atoms with Crippen LogP contribution < -0.4 is 10.1 Å². The first kappa shape index (κ1) is 20.6. The quantitative estimate of drug-likeness (QED) is 0.401. The van der Waals surface area contributed by atoms with E-state index in [1.165, 1.54) is 22.3 Å². The maximum absolute atomic E-state index is 5.82. The van der Waals surface area contributed by atoms with E-state index in [2.05, 4.69) is 57.5 Å². The van der Waals surface area contributed by atoms with Crippen molar-refractivity contribution in [2.75, 3.05) is 13.2 Å². The van der Waals surface area contributed by atoms with Gasteiger partial charge in [0.2, 0.25) is 0 Å². The number of ether oxygens (including phenoxy) is 1. The van der Waals surface area contributed by atoms with Gasteiger partial charge in [-0.25, -0.2) is 0 Å². The van der Waals surface area contributed by atoms with Crippen LogP contribution in [0.15, 0.2) is 84.6 Å². The van der Waals surface area contributed by atoms with Crippen molar-refractivity contribution in [3.63, 3.8) is 0 Å². The Morgan fingerprint density at radius 1 is 1.12 bits per heavy atom. The predicted octanol–water partition coefficient (Wildman–Crippen LogP) is 5.89. The fourth-order valence-electron chi connectivity index (χ4n) is 2.49. The van der Waals surface area contributed by atoms with Crippen LogP contribution in [0.2, 0.25) is 0 Å². The van der Waals surface area contributed by atoms with Crippen LogP contribution in [0.4, 0.5) is 0 Å². The first-order chi connectivity index (χ1) is 12.1. The van der Waals surface area contributed by atoms with Gasteiger partial charge in [-0.1, -0.05) is 60.7 Å². The topological polar surface area (TPSA) is 21.3 Å². The van der Waals surface area contributed by atoms with Crippen LogP contribution >= 0.6 is 0 Å². The Balaban J connectivity index is 2.63. The molecule has 0 aliphatic carbocycles. The molecular weight excluding hydrogens is 306 g/mol. The molecule has 1 rings (SSSR count). The standard InChI is InChI=1S/C23H31NO/c1-6-8-9-11-20(4)23(18-24-7-2)21(5)12-10-17-25-22-15-13-19(3)14-16-22/h6-9,11,13-16,24H,1-2,10,12,17-18H2,3-5H3/b9-8-,20-11+,23-21-. The van der Waals surface area contributed by atoms with Crippen LogP contribution in [0.5, 0.6) is 5.75 Å². The molecule has 2 nitrogen and oxygen atoms in total. The molecule has 0 radical (unpaired) electrons. The Morgan fingerprint density at radius 2 is 1.84 bits per heavy atom. The average molecular weight is 338 g/mol. The molecule has 0 aliphatic heterocycles. The van der Waals surface area contributed by atoms with Crippen molar-refractivity contribution in [1.82, 2.24) is 5.32 Å². The highest BCUT2D eigenvalue weighted by Crippen LogP contribution is 2.19. The van der Waals surface area contributed by atoms with E-state index in [1.807, 2.05) is 24.3 Å². The van der Waals surface area contributed by atoms with Gasteiger partial charge in [-0.15, -0.1) is 0 Å². The molecule has 0 fully saturated rings. The summed E-state index contributed by atoms with van der Waals surface area (Å²) in [6, 6.07) is 8.20. The molecule has 1 N–H and O–H groups in total. The van der Waals surface area contributed by atoms with Crippen LogP contribution in [-0.4, -0.2) is 13.2 Å². The lowest BCUT2D eigenvalue weighted by molar-refractivity contribution is 0.310. The lowest BCUT2D eigenvalue weighted by atomic mass is 9.98. The number of nitrogens with one attached hydrogen (secondary N) is 1. The smallest absolute Gasteiger partial charge is 0.119 e. The zero-order chi connectivity index (χ0) is 18.5. The second kappa shape index (κ2) is 12.0. The predicted molar refractivity (Wildman–Crippen MR) is 110 cm³/mol. The number of hydrogen-bond donors (Lipinski definition) is 1. The van der Waals surface area contributed by atoms with Crippen LogP contribution in [0, 0.1) is 6.92 Å². The molecule has 0 unspecified atom stereocenters. The summed E-state index contributed by atoms with van der Waals surface area (Å²) < 4.78 is 5.82. The maximum atomic E-state index is 5.82. The molecule has 0 aromatic heterocycles. The van der Waals surface area contributed by atoms with Gasteiger partial charge in [0.25, 0.3) is 0 Å². The van der Waals surface area contributed by atoms with E-state index in [4.69, 9.17) is 4.74 Å². The molecule has 25 heavy (non-hydrogen) atoms. The highest BCUT2D eigenvalue weighted by molar-refractivity contribution is 5.37. The molecule has 1 aromatic rings. The van der Waals surface area contributed by atoms with Gasteiger partial charge in [-0.2, -0.15) is 0 Å². The van der Waals surface area contributed by atoms with Gasteiger partial charge in [0.1, 0.15) is 5.75 Å². The Labute approximate surface area is 153 Å². The summed E-state index contributed by atoms with van der Waals surface area (Å²) in [5.41, 5.74) is 5.20. The fourth-order valence-corrected chi connectivity index (χ4v) is 2.49. The van der Waals surface area contributed by atoms with Crippen molar-refractivity contribution in [2.45, 2.75) is 33.6 Å². The van der Waals surface area contributed by atoms with E-state index in [0.29, 0.717) is 0 Å². The van der Waals surface area contributed by atoms with Gasteiger partial charge in [0, 0.05) is 6.54 Å². The number of hydrogen-bond acceptors (Lipinski definition) is 2. The molecule has 1 aromatic carbocycles. The summed E-state index contributed by atoms with van der Waals surface area (Å²) in [4.78, 5) is 0. The molecule has 0 atom stereocenters. The highest BCUT2D eigenvalue weighted by atomic mass is 16.5. The van der Waals surface area contributed by atoms with Crippen LogP contribution in [0.3, 0.4) is 0 Å². The van der Waals surface area contributed by atoms with Crippen LogP contribution in [0.25, 0.3) is 0 Å². The van der Waals surface area contributed by atoms with Gasteiger partial charge < -0.3 is 10.1 Å². The summed E-state index contributed by atoms with van der Waals surface area (Å²) >= 11 is 0. The van der Waals surface area contributed by atoms with Gasteiger partial charge in [0.15, 0.2) is 0 Å². The third kappa shape index (κ3) is 8.25. The summed E-state index contributed by atoms with van der Waals surface area (Å²) in [5, 5.41) is 3.21. The largest absolute Gasteiger partial charge is 0.494 e. The minimum Gasteiger partial charge on any atom is -0.494 e. The van der Waals surface area contributed by atoms with E-state index >= 15 is 0 Å². The number of benzene rings is 1. The monoisotopic (exact) mass is 337 g/mol. The van der Waals surface area contributed by atoms with Crippen molar-refractivity contribution in [3.8, 4) is 5.75 Å². The Hall–Kier alpha value is -2.48. The molecular formula is C23H31NO. The van der Waals surface area contributed by atoms with Gasteiger partial charge >= 0.3 is 0 Å². The van der Waals surface area contributed by atoms with Gasteiger partial charge in [-0.3, -0.25) is 0 Å². The minimum absolute atomic E-state index is 0.724.